The Labute approximate surface area is 90.5 Å². The first-order valence-corrected chi connectivity index (χ1v) is 6.43. The summed E-state index contributed by atoms with van der Waals surface area (Å²) < 4.78 is 0. The lowest BCUT2D eigenvalue weighted by Gasteiger charge is -2.07. The lowest BCUT2D eigenvalue weighted by atomic mass is 10.0. The highest BCUT2D eigenvalue weighted by atomic mass is 15.2. The Morgan fingerprint density at radius 3 is 2.33 bits per heavy atom. The van der Waals surface area contributed by atoms with Gasteiger partial charge in [-0.25, -0.2) is 4.99 Å². The fourth-order valence-electron chi connectivity index (χ4n) is 4.09. The second-order valence-corrected chi connectivity index (χ2v) is 5.91. The molecule has 3 heteroatoms. The SMILES string of the molecule is NC(=NC1C2C3CCC(C3)C12)NC1CC1. The maximum atomic E-state index is 5.91. The van der Waals surface area contributed by atoms with Crippen LogP contribution in [-0.4, -0.2) is 18.0 Å². The fraction of sp³-hybridized carbons (Fsp3) is 0.917. The number of aliphatic imine (C=N–C) groups is 1. The van der Waals surface area contributed by atoms with Crippen LogP contribution in [0.3, 0.4) is 0 Å². The molecule has 4 fully saturated rings. The highest BCUT2D eigenvalue weighted by Crippen LogP contribution is 2.66. The predicted octanol–water partition coefficient (Wildman–Crippen LogP) is 1.10. The topological polar surface area (TPSA) is 50.4 Å². The normalized spacial score (nSPS) is 51.7. The van der Waals surface area contributed by atoms with Crippen molar-refractivity contribution in [1.29, 1.82) is 0 Å². The van der Waals surface area contributed by atoms with Crippen molar-refractivity contribution < 1.29 is 0 Å². The first kappa shape index (κ1) is 8.43. The molecule has 4 aliphatic rings. The lowest BCUT2D eigenvalue weighted by molar-refractivity contribution is 0.456. The van der Waals surface area contributed by atoms with E-state index in [-0.39, 0.29) is 0 Å². The maximum absolute atomic E-state index is 5.91. The maximum Gasteiger partial charge on any atom is 0.189 e. The zero-order valence-electron chi connectivity index (χ0n) is 9.02. The third-order valence-corrected chi connectivity index (χ3v) is 4.91. The van der Waals surface area contributed by atoms with Crippen LogP contribution in [-0.2, 0) is 0 Å². The number of nitrogens with zero attached hydrogens (tertiary/aromatic N) is 1. The molecule has 4 atom stereocenters. The highest BCUT2D eigenvalue weighted by molar-refractivity contribution is 5.79. The van der Waals surface area contributed by atoms with Crippen LogP contribution in [0.25, 0.3) is 0 Å². The van der Waals surface area contributed by atoms with E-state index in [1.165, 1.54) is 32.1 Å². The molecule has 0 aromatic rings. The molecule has 2 bridgehead atoms. The summed E-state index contributed by atoms with van der Waals surface area (Å²) >= 11 is 0. The van der Waals surface area contributed by atoms with Gasteiger partial charge in [0.25, 0.3) is 0 Å². The molecule has 0 radical (unpaired) electrons. The molecule has 0 heterocycles. The number of hydrogen-bond donors (Lipinski definition) is 2. The van der Waals surface area contributed by atoms with Gasteiger partial charge in [0.2, 0.25) is 0 Å². The lowest BCUT2D eigenvalue weighted by Crippen LogP contribution is -2.33. The Bertz CT molecular complexity index is 305. The van der Waals surface area contributed by atoms with Gasteiger partial charge < -0.3 is 11.1 Å². The van der Waals surface area contributed by atoms with Crippen molar-refractivity contribution in [3.05, 3.63) is 0 Å². The van der Waals surface area contributed by atoms with Gasteiger partial charge in [-0.3, -0.25) is 0 Å². The van der Waals surface area contributed by atoms with Gasteiger partial charge >= 0.3 is 0 Å². The largest absolute Gasteiger partial charge is 0.370 e. The van der Waals surface area contributed by atoms with Crippen LogP contribution < -0.4 is 11.1 Å². The molecule has 82 valence electrons. The number of hydrogen-bond acceptors (Lipinski definition) is 1. The minimum absolute atomic E-state index is 0.600. The molecule has 4 saturated carbocycles. The predicted molar refractivity (Wildman–Crippen MR) is 59.4 cm³/mol. The van der Waals surface area contributed by atoms with Gasteiger partial charge in [-0.2, -0.15) is 0 Å². The van der Waals surface area contributed by atoms with Crippen LogP contribution in [0.2, 0.25) is 0 Å². The van der Waals surface area contributed by atoms with Crippen molar-refractivity contribution in [2.75, 3.05) is 0 Å². The van der Waals surface area contributed by atoms with Crippen LogP contribution in [0.1, 0.15) is 32.1 Å². The van der Waals surface area contributed by atoms with E-state index in [4.69, 9.17) is 5.73 Å². The zero-order valence-corrected chi connectivity index (χ0v) is 9.02. The molecule has 0 saturated heterocycles. The van der Waals surface area contributed by atoms with Crippen LogP contribution in [0.15, 0.2) is 4.99 Å². The van der Waals surface area contributed by atoms with E-state index in [0.717, 1.165) is 29.6 Å². The number of rotatable bonds is 2. The molecule has 0 aliphatic heterocycles. The summed E-state index contributed by atoms with van der Waals surface area (Å²) in [5.74, 6) is 4.56. The Hall–Kier alpha value is -0.730. The number of nitrogens with two attached hydrogens (primary N) is 1. The van der Waals surface area contributed by atoms with Crippen molar-refractivity contribution >= 4 is 5.96 Å². The molecule has 0 amide bonds. The van der Waals surface area contributed by atoms with Crippen molar-refractivity contribution in [3.63, 3.8) is 0 Å². The summed E-state index contributed by atoms with van der Waals surface area (Å²) in [6.07, 6.45) is 6.98. The van der Waals surface area contributed by atoms with E-state index in [1.807, 2.05) is 0 Å². The molecule has 4 rings (SSSR count). The summed E-state index contributed by atoms with van der Waals surface area (Å²) in [5, 5.41) is 3.29. The average Bonchev–Trinajstić information content (AvgIpc) is 3.08. The molecule has 3 N–H and O–H groups in total. The van der Waals surface area contributed by atoms with Gasteiger partial charge in [0.15, 0.2) is 5.96 Å². The van der Waals surface area contributed by atoms with Crippen LogP contribution >= 0.6 is 0 Å². The van der Waals surface area contributed by atoms with E-state index in [9.17, 15) is 0 Å². The third kappa shape index (κ3) is 1.21. The minimum Gasteiger partial charge on any atom is -0.370 e. The molecule has 0 aromatic carbocycles. The van der Waals surface area contributed by atoms with E-state index >= 15 is 0 Å². The van der Waals surface area contributed by atoms with Gasteiger partial charge in [-0.05, 0) is 55.8 Å². The highest BCUT2D eigenvalue weighted by Gasteiger charge is 2.65. The van der Waals surface area contributed by atoms with Crippen molar-refractivity contribution in [1.82, 2.24) is 5.32 Å². The van der Waals surface area contributed by atoms with Crippen molar-refractivity contribution in [2.45, 2.75) is 44.2 Å². The van der Waals surface area contributed by atoms with Crippen molar-refractivity contribution in [2.24, 2.45) is 34.4 Å². The van der Waals surface area contributed by atoms with E-state index in [2.05, 4.69) is 10.3 Å². The Balaban J connectivity index is 1.44. The third-order valence-electron chi connectivity index (χ3n) is 4.91. The Morgan fingerprint density at radius 2 is 1.73 bits per heavy atom. The standard InChI is InChI=1S/C12H19N3/c13-12(14-8-3-4-8)15-11-9-6-1-2-7(5-6)10(9)11/h6-11H,1-5H2,(H3,13,14,15). The minimum atomic E-state index is 0.600. The molecular formula is C12H19N3. The second-order valence-electron chi connectivity index (χ2n) is 5.91. The van der Waals surface area contributed by atoms with E-state index < -0.39 is 0 Å². The van der Waals surface area contributed by atoms with Gasteiger partial charge in [-0.1, -0.05) is 0 Å². The summed E-state index contributed by atoms with van der Waals surface area (Å²) in [5.41, 5.74) is 5.91. The van der Waals surface area contributed by atoms with Crippen LogP contribution in [0.5, 0.6) is 0 Å². The molecule has 3 nitrogen and oxygen atoms in total. The molecule has 0 spiro atoms. The summed E-state index contributed by atoms with van der Waals surface area (Å²) in [6, 6.07) is 1.24. The number of guanidine groups is 1. The van der Waals surface area contributed by atoms with Crippen LogP contribution in [0.4, 0.5) is 0 Å². The van der Waals surface area contributed by atoms with Gasteiger partial charge in [0, 0.05) is 6.04 Å². The number of fused-ring (bicyclic) bond motifs is 5. The fourth-order valence-corrected chi connectivity index (χ4v) is 4.09. The monoisotopic (exact) mass is 205 g/mol. The Morgan fingerprint density at radius 1 is 1.07 bits per heavy atom. The molecular weight excluding hydrogens is 186 g/mol. The molecule has 4 aliphatic carbocycles. The first-order valence-electron chi connectivity index (χ1n) is 6.43. The van der Waals surface area contributed by atoms with Gasteiger partial charge in [-0.15, -0.1) is 0 Å². The molecule has 4 unspecified atom stereocenters. The van der Waals surface area contributed by atoms with Gasteiger partial charge in [0.05, 0.1) is 6.04 Å². The van der Waals surface area contributed by atoms with Crippen molar-refractivity contribution in [3.8, 4) is 0 Å². The summed E-state index contributed by atoms with van der Waals surface area (Å²) in [6.45, 7) is 0. The first-order chi connectivity index (χ1) is 7.33. The summed E-state index contributed by atoms with van der Waals surface area (Å²) in [4.78, 5) is 4.68. The average molecular weight is 205 g/mol. The van der Waals surface area contributed by atoms with Crippen LogP contribution in [0, 0.1) is 23.7 Å². The van der Waals surface area contributed by atoms with E-state index in [1.54, 1.807) is 0 Å². The smallest absolute Gasteiger partial charge is 0.189 e. The molecule has 15 heavy (non-hydrogen) atoms. The quantitative estimate of drug-likeness (QED) is 0.524. The second kappa shape index (κ2) is 2.69. The van der Waals surface area contributed by atoms with E-state index in [0.29, 0.717) is 12.1 Å². The molecule has 0 aromatic heterocycles. The number of nitrogens with one attached hydrogen (secondary N) is 1. The summed E-state index contributed by atoms with van der Waals surface area (Å²) in [7, 11) is 0. The Kier molecular flexibility index (Phi) is 1.51. The van der Waals surface area contributed by atoms with Gasteiger partial charge in [0.1, 0.15) is 0 Å². The zero-order chi connectivity index (χ0) is 9.99.